The number of sulfonamides is 1. The molecule has 0 radical (unpaired) electrons. The van der Waals surface area contributed by atoms with Crippen molar-refractivity contribution < 1.29 is 12.8 Å². The second-order valence-electron chi connectivity index (χ2n) is 4.49. The molecule has 0 amide bonds. The Kier molecular flexibility index (Phi) is 4.06. The standard InChI is InChI=1S/C13H13ClFN3O2S/c1-7-10(15)5-9(6-11(7)16)21(19,20)18-12-3-4-13(14)17-8(12)2/h3-6,18H,16H2,1-2H3. The molecule has 8 heteroatoms. The fourth-order valence-corrected chi connectivity index (χ4v) is 3.02. The minimum atomic E-state index is -3.96. The summed E-state index contributed by atoms with van der Waals surface area (Å²) in [6, 6.07) is 5.07. The number of hydrogen-bond acceptors (Lipinski definition) is 4. The van der Waals surface area contributed by atoms with Crippen LogP contribution in [0.4, 0.5) is 15.8 Å². The number of nitrogens with one attached hydrogen (secondary N) is 1. The number of anilines is 2. The summed E-state index contributed by atoms with van der Waals surface area (Å²) in [4.78, 5) is 3.69. The topological polar surface area (TPSA) is 85.1 Å². The Bertz CT molecular complexity index is 786. The van der Waals surface area contributed by atoms with Gasteiger partial charge in [0.15, 0.2) is 0 Å². The zero-order chi connectivity index (χ0) is 15.8. The van der Waals surface area contributed by atoms with E-state index >= 15 is 0 Å². The molecule has 0 saturated heterocycles. The predicted molar refractivity (Wildman–Crippen MR) is 80.3 cm³/mol. The number of hydrogen-bond donors (Lipinski definition) is 2. The molecule has 2 rings (SSSR count). The summed E-state index contributed by atoms with van der Waals surface area (Å²) >= 11 is 5.71. The van der Waals surface area contributed by atoms with Crippen LogP contribution in [0.25, 0.3) is 0 Å². The van der Waals surface area contributed by atoms with Gasteiger partial charge in [-0.05, 0) is 38.1 Å². The summed E-state index contributed by atoms with van der Waals surface area (Å²) < 4.78 is 40.5. The number of nitrogens with zero attached hydrogens (tertiary/aromatic N) is 1. The van der Waals surface area contributed by atoms with Gasteiger partial charge in [0.05, 0.1) is 16.3 Å². The molecule has 0 spiro atoms. The third kappa shape index (κ3) is 3.25. The van der Waals surface area contributed by atoms with Crippen LogP contribution in [-0.4, -0.2) is 13.4 Å². The van der Waals surface area contributed by atoms with Crippen molar-refractivity contribution in [3.63, 3.8) is 0 Å². The van der Waals surface area contributed by atoms with Gasteiger partial charge in [-0.3, -0.25) is 4.72 Å². The highest BCUT2D eigenvalue weighted by Gasteiger charge is 2.18. The smallest absolute Gasteiger partial charge is 0.262 e. The number of halogens is 2. The molecule has 0 aliphatic carbocycles. The molecule has 0 bridgehead atoms. The first-order chi connectivity index (χ1) is 9.70. The van der Waals surface area contributed by atoms with Crippen molar-refractivity contribution in [2.24, 2.45) is 0 Å². The molecule has 112 valence electrons. The minimum absolute atomic E-state index is 0.0707. The average molecular weight is 330 g/mol. The Balaban J connectivity index is 2.43. The van der Waals surface area contributed by atoms with Gasteiger partial charge in [0.1, 0.15) is 11.0 Å². The Morgan fingerprint density at radius 3 is 2.52 bits per heavy atom. The van der Waals surface area contributed by atoms with E-state index in [4.69, 9.17) is 17.3 Å². The van der Waals surface area contributed by atoms with E-state index in [1.54, 1.807) is 6.92 Å². The van der Waals surface area contributed by atoms with Gasteiger partial charge < -0.3 is 5.73 Å². The van der Waals surface area contributed by atoms with Crippen LogP contribution in [0.2, 0.25) is 5.15 Å². The van der Waals surface area contributed by atoms with Crippen LogP contribution in [0.3, 0.4) is 0 Å². The molecule has 3 N–H and O–H groups in total. The monoisotopic (exact) mass is 329 g/mol. The minimum Gasteiger partial charge on any atom is -0.398 e. The number of nitrogens with two attached hydrogens (primary N) is 1. The molecule has 1 aromatic carbocycles. The summed E-state index contributed by atoms with van der Waals surface area (Å²) in [7, 11) is -3.96. The Morgan fingerprint density at radius 2 is 1.95 bits per heavy atom. The quantitative estimate of drug-likeness (QED) is 0.669. The molecule has 0 aliphatic rings. The normalized spacial score (nSPS) is 11.4. The van der Waals surface area contributed by atoms with E-state index in [-0.39, 0.29) is 27.0 Å². The van der Waals surface area contributed by atoms with Gasteiger partial charge in [-0.2, -0.15) is 0 Å². The first-order valence-corrected chi connectivity index (χ1v) is 7.78. The molecule has 0 atom stereocenters. The molecule has 0 saturated carbocycles. The molecule has 0 fully saturated rings. The lowest BCUT2D eigenvalue weighted by Crippen LogP contribution is -2.15. The van der Waals surface area contributed by atoms with E-state index < -0.39 is 15.8 Å². The molecule has 0 unspecified atom stereocenters. The van der Waals surface area contributed by atoms with Crippen LogP contribution >= 0.6 is 11.6 Å². The summed E-state index contributed by atoms with van der Waals surface area (Å²) in [5.74, 6) is -0.679. The lowest BCUT2D eigenvalue weighted by Gasteiger charge is -2.12. The third-order valence-corrected chi connectivity index (χ3v) is 4.52. The van der Waals surface area contributed by atoms with E-state index in [0.717, 1.165) is 6.07 Å². The number of nitrogen functional groups attached to an aromatic ring is 1. The summed E-state index contributed by atoms with van der Waals surface area (Å²) in [6.45, 7) is 3.08. The Labute approximate surface area is 127 Å². The maximum atomic E-state index is 13.6. The zero-order valence-electron chi connectivity index (χ0n) is 11.3. The first kappa shape index (κ1) is 15.5. The van der Waals surface area contributed by atoms with Crippen LogP contribution in [0.15, 0.2) is 29.2 Å². The van der Waals surface area contributed by atoms with Gasteiger partial charge in [-0.25, -0.2) is 17.8 Å². The van der Waals surface area contributed by atoms with Crippen LogP contribution in [0, 0.1) is 19.7 Å². The van der Waals surface area contributed by atoms with Crippen LogP contribution in [0.5, 0.6) is 0 Å². The van der Waals surface area contributed by atoms with Gasteiger partial charge in [-0.15, -0.1) is 0 Å². The second-order valence-corrected chi connectivity index (χ2v) is 6.56. The number of aromatic nitrogens is 1. The van der Waals surface area contributed by atoms with Crippen LogP contribution < -0.4 is 10.5 Å². The maximum Gasteiger partial charge on any atom is 0.262 e. The third-order valence-electron chi connectivity index (χ3n) is 2.96. The van der Waals surface area contributed by atoms with Crippen molar-refractivity contribution in [2.75, 3.05) is 10.5 Å². The lowest BCUT2D eigenvalue weighted by molar-refractivity contribution is 0.593. The summed E-state index contributed by atoms with van der Waals surface area (Å²) in [6.07, 6.45) is 0. The Morgan fingerprint density at radius 1 is 1.29 bits per heavy atom. The van der Waals surface area contributed by atoms with Gasteiger partial charge in [0.25, 0.3) is 10.0 Å². The van der Waals surface area contributed by atoms with Crippen LogP contribution in [0.1, 0.15) is 11.3 Å². The molecule has 5 nitrogen and oxygen atoms in total. The molecule has 2 aromatic rings. The molecule has 1 heterocycles. The van der Waals surface area contributed by atoms with E-state index in [1.165, 1.54) is 25.1 Å². The van der Waals surface area contributed by atoms with E-state index in [1.807, 2.05) is 0 Å². The van der Waals surface area contributed by atoms with E-state index in [0.29, 0.717) is 5.69 Å². The molecule has 1 aromatic heterocycles. The number of pyridine rings is 1. The largest absolute Gasteiger partial charge is 0.398 e. The Hall–Kier alpha value is -1.86. The predicted octanol–water partition coefficient (Wildman–Crippen LogP) is 2.87. The lowest BCUT2D eigenvalue weighted by atomic mass is 10.2. The second kappa shape index (κ2) is 5.50. The van der Waals surface area contributed by atoms with E-state index in [2.05, 4.69) is 9.71 Å². The maximum absolute atomic E-state index is 13.6. The highest BCUT2D eigenvalue weighted by Crippen LogP contribution is 2.24. The fourth-order valence-electron chi connectivity index (χ4n) is 1.67. The van der Waals surface area contributed by atoms with E-state index in [9.17, 15) is 12.8 Å². The summed E-state index contributed by atoms with van der Waals surface area (Å²) in [5.41, 5.74) is 6.55. The van der Waals surface area contributed by atoms with Gasteiger partial charge in [0.2, 0.25) is 0 Å². The number of rotatable bonds is 3. The molecular weight excluding hydrogens is 317 g/mol. The van der Waals surface area contributed by atoms with Crippen molar-refractivity contribution >= 4 is 33.0 Å². The highest BCUT2D eigenvalue weighted by atomic mass is 35.5. The zero-order valence-corrected chi connectivity index (χ0v) is 12.9. The highest BCUT2D eigenvalue weighted by molar-refractivity contribution is 7.92. The number of aryl methyl sites for hydroxylation is 1. The van der Waals surface area contributed by atoms with Gasteiger partial charge in [0, 0.05) is 11.3 Å². The first-order valence-electron chi connectivity index (χ1n) is 5.92. The SMILES string of the molecule is Cc1nc(Cl)ccc1NS(=O)(=O)c1cc(N)c(C)c(F)c1. The molecule has 0 aliphatic heterocycles. The summed E-state index contributed by atoms with van der Waals surface area (Å²) in [5, 5.41) is 0.251. The fraction of sp³-hybridized carbons (Fsp3) is 0.154. The van der Waals surface area contributed by atoms with Crippen LogP contribution in [-0.2, 0) is 10.0 Å². The van der Waals surface area contributed by atoms with Crippen molar-refractivity contribution in [1.29, 1.82) is 0 Å². The molecular formula is C13H13ClFN3O2S. The van der Waals surface area contributed by atoms with Gasteiger partial charge >= 0.3 is 0 Å². The average Bonchev–Trinajstić information content (AvgIpc) is 2.38. The van der Waals surface area contributed by atoms with Crippen molar-refractivity contribution in [3.8, 4) is 0 Å². The van der Waals surface area contributed by atoms with Crippen molar-refractivity contribution in [2.45, 2.75) is 18.7 Å². The molecule has 21 heavy (non-hydrogen) atoms. The van der Waals surface area contributed by atoms with Crippen molar-refractivity contribution in [1.82, 2.24) is 4.98 Å². The van der Waals surface area contributed by atoms with Gasteiger partial charge in [-0.1, -0.05) is 11.6 Å². The number of benzene rings is 1. The van der Waals surface area contributed by atoms with Crippen molar-refractivity contribution in [3.05, 3.63) is 46.5 Å².